The van der Waals surface area contributed by atoms with Gasteiger partial charge in [0.25, 0.3) is 6.29 Å². The summed E-state index contributed by atoms with van der Waals surface area (Å²) in [5, 5.41) is 14.1. The lowest BCUT2D eigenvalue weighted by molar-refractivity contribution is -0.147. The fourth-order valence-corrected chi connectivity index (χ4v) is 4.61. The number of carboxylic acids is 1. The molecule has 2 fully saturated rings. The number of ether oxygens (including phenoxy) is 3. The summed E-state index contributed by atoms with van der Waals surface area (Å²) in [6.45, 7) is 1.91. The standard InChI is InChI=1S/C21H19NO6/c1-21-16(28-21)9-13-14(18(23)24)10-26-19(17(13)21)27-20(25)22-15-8-4-6-11-5-2-3-7-12(11)15/h2-8,10,13,16-17,19H,9H2,1H3,(H,22,25)(H,23,24)/t13-,16+,17+,19+,21+/m1/s1. The van der Waals surface area contributed by atoms with Gasteiger partial charge < -0.3 is 19.3 Å². The maximum absolute atomic E-state index is 12.6. The van der Waals surface area contributed by atoms with Gasteiger partial charge in [-0.25, -0.2) is 9.59 Å². The first-order valence-electron chi connectivity index (χ1n) is 9.19. The zero-order valence-electron chi connectivity index (χ0n) is 15.1. The number of hydrogen-bond acceptors (Lipinski definition) is 5. The van der Waals surface area contributed by atoms with Crippen molar-refractivity contribution in [2.24, 2.45) is 11.8 Å². The predicted molar refractivity (Wildman–Crippen MR) is 99.5 cm³/mol. The molecular formula is C21H19NO6. The number of nitrogens with one attached hydrogen (secondary N) is 1. The molecule has 2 aromatic carbocycles. The van der Waals surface area contributed by atoms with Crippen molar-refractivity contribution in [1.82, 2.24) is 0 Å². The number of carboxylic acid groups (broad SMARTS) is 1. The van der Waals surface area contributed by atoms with Crippen molar-refractivity contribution in [2.45, 2.75) is 31.3 Å². The molecule has 3 aliphatic rings. The maximum Gasteiger partial charge on any atom is 0.414 e. The molecule has 0 spiro atoms. The van der Waals surface area contributed by atoms with E-state index in [2.05, 4.69) is 5.32 Å². The van der Waals surface area contributed by atoms with Crippen LogP contribution in [0.4, 0.5) is 10.5 Å². The van der Waals surface area contributed by atoms with E-state index in [9.17, 15) is 14.7 Å². The Morgan fingerprint density at radius 3 is 2.82 bits per heavy atom. The second-order valence-electron chi connectivity index (χ2n) is 7.60. The summed E-state index contributed by atoms with van der Waals surface area (Å²) >= 11 is 0. The zero-order chi connectivity index (χ0) is 19.5. The van der Waals surface area contributed by atoms with Gasteiger partial charge in [0.2, 0.25) is 0 Å². The molecule has 0 radical (unpaired) electrons. The second-order valence-corrected chi connectivity index (χ2v) is 7.60. The minimum Gasteiger partial charge on any atom is -0.478 e. The van der Waals surface area contributed by atoms with Crippen LogP contribution in [0.1, 0.15) is 13.3 Å². The van der Waals surface area contributed by atoms with Crippen molar-refractivity contribution >= 4 is 28.5 Å². The molecule has 1 aliphatic carbocycles. The monoisotopic (exact) mass is 381 g/mol. The molecule has 5 atom stereocenters. The third-order valence-electron chi connectivity index (χ3n) is 6.06. The second kappa shape index (κ2) is 5.97. The van der Waals surface area contributed by atoms with Gasteiger partial charge >= 0.3 is 12.1 Å². The molecule has 1 saturated carbocycles. The van der Waals surface area contributed by atoms with E-state index in [0.717, 1.165) is 10.8 Å². The number of rotatable bonds is 3. The molecule has 0 aromatic heterocycles. The maximum atomic E-state index is 12.6. The lowest BCUT2D eigenvalue weighted by atomic mass is 9.82. The van der Waals surface area contributed by atoms with E-state index in [4.69, 9.17) is 14.2 Å². The fraction of sp³-hybridized carbons (Fsp3) is 0.333. The zero-order valence-corrected chi connectivity index (χ0v) is 15.1. The van der Waals surface area contributed by atoms with Crippen LogP contribution >= 0.6 is 0 Å². The Kier molecular flexibility index (Phi) is 3.64. The first-order valence-corrected chi connectivity index (χ1v) is 9.19. The summed E-state index contributed by atoms with van der Waals surface area (Å²) in [4.78, 5) is 24.1. The van der Waals surface area contributed by atoms with Crippen LogP contribution < -0.4 is 5.32 Å². The molecule has 5 rings (SSSR count). The Morgan fingerprint density at radius 2 is 2.00 bits per heavy atom. The van der Waals surface area contributed by atoms with Gasteiger partial charge in [0.1, 0.15) is 5.60 Å². The van der Waals surface area contributed by atoms with Gasteiger partial charge in [-0.3, -0.25) is 5.32 Å². The van der Waals surface area contributed by atoms with E-state index in [0.29, 0.717) is 12.1 Å². The van der Waals surface area contributed by atoms with Gasteiger partial charge in [0.05, 0.1) is 29.5 Å². The molecule has 144 valence electrons. The van der Waals surface area contributed by atoms with E-state index in [1.807, 2.05) is 43.3 Å². The molecule has 7 nitrogen and oxygen atoms in total. The van der Waals surface area contributed by atoms with Crippen LogP contribution in [0.25, 0.3) is 10.8 Å². The average Bonchev–Trinajstić information content (AvgIpc) is 3.22. The van der Waals surface area contributed by atoms with E-state index in [1.54, 1.807) is 6.07 Å². The summed E-state index contributed by atoms with van der Waals surface area (Å²) in [7, 11) is 0. The van der Waals surface area contributed by atoms with Gasteiger partial charge in [0, 0.05) is 11.3 Å². The highest BCUT2D eigenvalue weighted by Gasteiger charge is 2.71. The summed E-state index contributed by atoms with van der Waals surface area (Å²) in [5.41, 5.74) is 0.316. The summed E-state index contributed by atoms with van der Waals surface area (Å²) in [6.07, 6.45) is 0.209. The van der Waals surface area contributed by atoms with Crippen molar-refractivity contribution in [2.75, 3.05) is 5.32 Å². The number of carbonyl (C=O) groups is 2. The average molecular weight is 381 g/mol. The summed E-state index contributed by atoms with van der Waals surface area (Å²) < 4.78 is 16.8. The van der Waals surface area contributed by atoms with Crippen molar-refractivity contribution in [3.63, 3.8) is 0 Å². The highest BCUT2D eigenvalue weighted by molar-refractivity contribution is 6.00. The van der Waals surface area contributed by atoms with Crippen molar-refractivity contribution in [3.8, 4) is 0 Å². The summed E-state index contributed by atoms with van der Waals surface area (Å²) in [5.74, 6) is -1.63. The van der Waals surface area contributed by atoms with Gasteiger partial charge in [-0.05, 0) is 24.8 Å². The van der Waals surface area contributed by atoms with Crippen LogP contribution in [0.3, 0.4) is 0 Å². The Bertz CT molecular complexity index is 1010. The van der Waals surface area contributed by atoms with Crippen LogP contribution in [0.5, 0.6) is 0 Å². The van der Waals surface area contributed by atoms with Crippen molar-refractivity contribution < 1.29 is 28.9 Å². The van der Waals surface area contributed by atoms with Gasteiger partial charge in [-0.2, -0.15) is 0 Å². The predicted octanol–water partition coefficient (Wildman–Crippen LogP) is 3.51. The Hall–Kier alpha value is -3.06. The Morgan fingerprint density at radius 1 is 1.21 bits per heavy atom. The molecule has 7 heteroatoms. The molecule has 2 N–H and O–H groups in total. The Balaban J connectivity index is 1.37. The van der Waals surface area contributed by atoms with E-state index in [1.165, 1.54) is 6.26 Å². The fourth-order valence-electron chi connectivity index (χ4n) is 4.61. The molecule has 2 heterocycles. The lowest BCUT2D eigenvalue weighted by Crippen LogP contribution is -2.43. The number of benzene rings is 2. The minimum atomic E-state index is -1.02. The number of epoxide rings is 1. The molecule has 1 saturated heterocycles. The normalized spacial score (nSPS) is 32.5. The topological polar surface area (TPSA) is 97.4 Å². The van der Waals surface area contributed by atoms with Gasteiger partial charge in [0.15, 0.2) is 0 Å². The van der Waals surface area contributed by atoms with Crippen LogP contribution in [-0.4, -0.2) is 35.2 Å². The van der Waals surface area contributed by atoms with E-state index >= 15 is 0 Å². The van der Waals surface area contributed by atoms with Crippen molar-refractivity contribution in [1.29, 1.82) is 0 Å². The van der Waals surface area contributed by atoms with Crippen molar-refractivity contribution in [3.05, 3.63) is 54.3 Å². The Labute approximate surface area is 160 Å². The molecular weight excluding hydrogens is 362 g/mol. The molecule has 0 bridgehead atoms. The van der Waals surface area contributed by atoms with Crippen LogP contribution in [0.15, 0.2) is 54.3 Å². The smallest absolute Gasteiger partial charge is 0.414 e. The third-order valence-corrected chi connectivity index (χ3v) is 6.06. The first-order chi connectivity index (χ1) is 13.5. The minimum absolute atomic E-state index is 0.0285. The van der Waals surface area contributed by atoms with Crippen LogP contribution in [0, 0.1) is 11.8 Å². The van der Waals surface area contributed by atoms with Gasteiger partial charge in [-0.1, -0.05) is 36.4 Å². The summed E-state index contributed by atoms with van der Waals surface area (Å²) in [6, 6.07) is 13.3. The molecule has 28 heavy (non-hydrogen) atoms. The number of carbonyl (C=O) groups excluding carboxylic acids is 1. The SMILES string of the molecule is C[C@]12O[C@H]1C[C@@H]1C(C(=O)O)=CO[C@@H](OC(=O)Nc3cccc4ccccc34)[C@H]12. The highest BCUT2D eigenvalue weighted by atomic mass is 16.7. The first kappa shape index (κ1) is 17.1. The van der Waals surface area contributed by atoms with Crippen LogP contribution in [0.2, 0.25) is 0 Å². The molecule has 0 unspecified atom stereocenters. The molecule has 1 amide bonds. The largest absolute Gasteiger partial charge is 0.478 e. The highest BCUT2D eigenvalue weighted by Crippen LogP contribution is 2.60. The van der Waals surface area contributed by atoms with E-state index in [-0.39, 0.29) is 23.5 Å². The van der Waals surface area contributed by atoms with E-state index < -0.39 is 24.0 Å². The number of anilines is 1. The van der Waals surface area contributed by atoms with Gasteiger partial charge in [-0.15, -0.1) is 0 Å². The number of aliphatic carboxylic acids is 1. The van der Waals surface area contributed by atoms with Crippen LogP contribution in [-0.2, 0) is 19.0 Å². The number of fused-ring (bicyclic) bond motifs is 4. The number of hydrogen-bond donors (Lipinski definition) is 2. The quantitative estimate of drug-likeness (QED) is 0.790. The third kappa shape index (κ3) is 2.54. The molecule has 2 aromatic rings. The molecule has 2 aliphatic heterocycles. The number of amides is 1. The lowest BCUT2D eigenvalue weighted by Gasteiger charge is -2.35.